The van der Waals surface area contributed by atoms with Crippen molar-refractivity contribution in [1.29, 1.82) is 0 Å². The van der Waals surface area contributed by atoms with Crippen LogP contribution in [0, 0.1) is 17.5 Å². The summed E-state index contributed by atoms with van der Waals surface area (Å²) >= 11 is 5.64. The van der Waals surface area contributed by atoms with Crippen molar-refractivity contribution in [2.75, 3.05) is 6.54 Å². The third-order valence-corrected chi connectivity index (χ3v) is 3.28. The van der Waals surface area contributed by atoms with Crippen LogP contribution in [0.5, 0.6) is 0 Å². The van der Waals surface area contributed by atoms with E-state index in [1.807, 2.05) is 6.92 Å². The molecule has 106 valence electrons. The van der Waals surface area contributed by atoms with Crippen LogP contribution in [0.2, 0.25) is 5.02 Å². The summed E-state index contributed by atoms with van der Waals surface area (Å²) in [6, 6.07) is 7.51. The van der Waals surface area contributed by atoms with Gasteiger partial charge in [0.05, 0.1) is 11.1 Å². The van der Waals surface area contributed by atoms with Gasteiger partial charge in [-0.15, -0.1) is 0 Å². The second-order valence-corrected chi connectivity index (χ2v) is 4.71. The predicted molar refractivity (Wildman–Crippen MR) is 73.3 cm³/mol. The van der Waals surface area contributed by atoms with Crippen molar-refractivity contribution in [3.05, 3.63) is 70.0 Å². The minimum Gasteiger partial charge on any atom is -0.306 e. The zero-order valence-corrected chi connectivity index (χ0v) is 11.5. The summed E-state index contributed by atoms with van der Waals surface area (Å²) in [6.45, 7) is 2.35. The number of hydrogen-bond acceptors (Lipinski definition) is 1. The molecule has 0 fully saturated rings. The van der Waals surface area contributed by atoms with Gasteiger partial charge in [-0.2, -0.15) is 0 Å². The summed E-state index contributed by atoms with van der Waals surface area (Å²) in [5, 5.41) is 3.00. The van der Waals surface area contributed by atoms with Gasteiger partial charge in [0.25, 0.3) is 0 Å². The Kier molecular flexibility index (Phi) is 4.68. The lowest BCUT2D eigenvalue weighted by Gasteiger charge is -2.20. The molecule has 0 amide bonds. The van der Waals surface area contributed by atoms with Gasteiger partial charge in [-0.3, -0.25) is 0 Å². The van der Waals surface area contributed by atoms with Crippen LogP contribution in [0.15, 0.2) is 36.4 Å². The maximum atomic E-state index is 13.9. The molecule has 0 saturated heterocycles. The Morgan fingerprint density at radius 1 is 1.10 bits per heavy atom. The van der Waals surface area contributed by atoms with Crippen LogP contribution in [0.3, 0.4) is 0 Å². The van der Waals surface area contributed by atoms with E-state index in [0.29, 0.717) is 12.1 Å². The van der Waals surface area contributed by atoms with Gasteiger partial charge in [-0.25, -0.2) is 13.2 Å². The van der Waals surface area contributed by atoms with Gasteiger partial charge < -0.3 is 5.32 Å². The zero-order chi connectivity index (χ0) is 14.7. The summed E-state index contributed by atoms with van der Waals surface area (Å²) in [7, 11) is 0. The number of nitrogens with one attached hydrogen (secondary N) is 1. The van der Waals surface area contributed by atoms with Gasteiger partial charge in [0.15, 0.2) is 11.6 Å². The van der Waals surface area contributed by atoms with Crippen molar-refractivity contribution in [3.8, 4) is 0 Å². The molecule has 2 aromatic carbocycles. The average molecular weight is 300 g/mol. The fraction of sp³-hybridized carbons (Fsp3) is 0.200. The molecule has 20 heavy (non-hydrogen) atoms. The summed E-state index contributed by atoms with van der Waals surface area (Å²) in [4.78, 5) is 0. The van der Waals surface area contributed by atoms with Crippen LogP contribution in [0.25, 0.3) is 0 Å². The molecule has 1 N–H and O–H groups in total. The molecule has 0 heterocycles. The first-order valence-electron chi connectivity index (χ1n) is 6.16. The van der Waals surface area contributed by atoms with E-state index in [0.717, 1.165) is 6.07 Å². The predicted octanol–water partition coefficient (Wildman–Crippen LogP) is 4.46. The standard InChI is InChI=1S/C15H13ClF3N/c1-2-20-15(9-6-7-11(16)13(18)8-9)10-4-3-5-12(17)14(10)19/h3-8,15,20H,2H2,1H3. The third kappa shape index (κ3) is 2.97. The number of rotatable bonds is 4. The Morgan fingerprint density at radius 2 is 1.85 bits per heavy atom. The largest absolute Gasteiger partial charge is 0.306 e. The molecule has 0 aliphatic rings. The second kappa shape index (κ2) is 6.29. The lowest BCUT2D eigenvalue weighted by Crippen LogP contribution is -2.23. The minimum absolute atomic E-state index is 0.0105. The molecule has 0 aromatic heterocycles. The molecule has 5 heteroatoms. The van der Waals surface area contributed by atoms with Gasteiger partial charge in [0.1, 0.15) is 5.82 Å². The lowest BCUT2D eigenvalue weighted by atomic mass is 9.98. The van der Waals surface area contributed by atoms with E-state index in [4.69, 9.17) is 11.6 Å². The first-order valence-corrected chi connectivity index (χ1v) is 6.54. The third-order valence-electron chi connectivity index (χ3n) is 2.98. The SMILES string of the molecule is CCNC(c1ccc(Cl)c(F)c1)c1cccc(F)c1F. The van der Waals surface area contributed by atoms with Crippen molar-refractivity contribution in [1.82, 2.24) is 5.32 Å². The molecule has 0 aliphatic heterocycles. The Hall–Kier alpha value is -1.52. The van der Waals surface area contributed by atoms with Crippen molar-refractivity contribution in [2.24, 2.45) is 0 Å². The molecule has 1 unspecified atom stereocenters. The highest BCUT2D eigenvalue weighted by atomic mass is 35.5. The highest BCUT2D eigenvalue weighted by Gasteiger charge is 2.20. The first kappa shape index (κ1) is 14.9. The first-order chi connectivity index (χ1) is 9.54. The van der Waals surface area contributed by atoms with Crippen LogP contribution in [0.4, 0.5) is 13.2 Å². The number of benzene rings is 2. The van der Waals surface area contributed by atoms with E-state index in [2.05, 4.69) is 5.32 Å². The smallest absolute Gasteiger partial charge is 0.163 e. The fourth-order valence-electron chi connectivity index (χ4n) is 2.05. The molecule has 1 nitrogen and oxygen atoms in total. The molecule has 2 aromatic rings. The Labute approximate surface area is 120 Å². The van der Waals surface area contributed by atoms with E-state index in [1.165, 1.54) is 24.3 Å². The number of halogens is 4. The van der Waals surface area contributed by atoms with E-state index >= 15 is 0 Å². The van der Waals surface area contributed by atoms with Gasteiger partial charge in [-0.1, -0.05) is 36.7 Å². The van der Waals surface area contributed by atoms with Gasteiger partial charge in [-0.05, 0) is 30.3 Å². The molecule has 0 aliphatic carbocycles. The highest BCUT2D eigenvalue weighted by molar-refractivity contribution is 6.30. The summed E-state index contributed by atoms with van der Waals surface area (Å²) in [6.07, 6.45) is 0. The topological polar surface area (TPSA) is 12.0 Å². The lowest BCUT2D eigenvalue weighted by molar-refractivity contribution is 0.482. The molecular formula is C15H13ClF3N. The van der Waals surface area contributed by atoms with Crippen LogP contribution < -0.4 is 5.32 Å². The van der Waals surface area contributed by atoms with Crippen molar-refractivity contribution in [3.63, 3.8) is 0 Å². The maximum absolute atomic E-state index is 13.9. The Balaban J connectivity index is 2.50. The van der Waals surface area contributed by atoms with Gasteiger partial charge in [0.2, 0.25) is 0 Å². The van der Waals surface area contributed by atoms with Crippen molar-refractivity contribution >= 4 is 11.6 Å². The zero-order valence-electron chi connectivity index (χ0n) is 10.8. The maximum Gasteiger partial charge on any atom is 0.163 e. The van der Waals surface area contributed by atoms with Gasteiger partial charge in [0, 0.05) is 5.56 Å². The number of hydrogen-bond donors (Lipinski definition) is 1. The molecule has 2 rings (SSSR count). The summed E-state index contributed by atoms with van der Waals surface area (Å²) in [5.74, 6) is -2.46. The molecule has 0 saturated carbocycles. The monoisotopic (exact) mass is 299 g/mol. The molecular weight excluding hydrogens is 287 g/mol. The van der Waals surface area contributed by atoms with Crippen molar-refractivity contribution in [2.45, 2.75) is 13.0 Å². The molecule has 0 spiro atoms. The quantitative estimate of drug-likeness (QED) is 0.879. The van der Waals surface area contributed by atoms with Crippen LogP contribution in [-0.4, -0.2) is 6.54 Å². The minimum atomic E-state index is -0.936. The normalized spacial score (nSPS) is 12.4. The van der Waals surface area contributed by atoms with Crippen LogP contribution in [0.1, 0.15) is 24.1 Å². The van der Waals surface area contributed by atoms with E-state index in [-0.39, 0.29) is 10.6 Å². The Morgan fingerprint density at radius 3 is 2.50 bits per heavy atom. The molecule has 0 bridgehead atoms. The fourth-order valence-corrected chi connectivity index (χ4v) is 2.16. The van der Waals surface area contributed by atoms with Crippen molar-refractivity contribution < 1.29 is 13.2 Å². The van der Waals surface area contributed by atoms with E-state index < -0.39 is 23.5 Å². The summed E-state index contributed by atoms with van der Waals surface area (Å²) < 4.78 is 40.8. The van der Waals surface area contributed by atoms with Crippen LogP contribution >= 0.6 is 11.6 Å². The highest BCUT2D eigenvalue weighted by Crippen LogP contribution is 2.28. The second-order valence-electron chi connectivity index (χ2n) is 4.31. The van der Waals surface area contributed by atoms with E-state index in [1.54, 1.807) is 6.07 Å². The molecule has 0 radical (unpaired) electrons. The van der Waals surface area contributed by atoms with E-state index in [9.17, 15) is 13.2 Å². The van der Waals surface area contributed by atoms with Crippen LogP contribution in [-0.2, 0) is 0 Å². The Bertz CT molecular complexity index is 616. The summed E-state index contributed by atoms with van der Waals surface area (Å²) in [5.41, 5.74) is 0.617. The average Bonchev–Trinajstić information content (AvgIpc) is 2.43. The van der Waals surface area contributed by atoms with Gasteiger partial charge >= 0.3 is 0 Å². The molecule has 1 atom stereocenters.